The molecule has 0 atom stereocenters. The summed E-state index contributed by atoms with van der Waals surface area (Å²) in [5.41, 5.74) is 2.70. The number of carbonyl (C=O) groups is 2. The van der Waals surface area contributed by atoms with Crippen LogP contribution in [0.25, 0.3) is 11.6 Å². The molecule has 0 unspecified atom stereocenters. The van der Waals surface area contributed by atoms with Gasteiger partial charge in [-0.2, -0.15) is 4.98 Å². The first-order chi connectivity index (χ1) is 16.7. The number of aryl methyl sites for hydroxylation is 1. The molecule has 0 saturated carbocycles. The highest BCUT2D eigenvalue weighted by atomic mass is 32.2. The summed E-state index contributed by atoms with van der Waals surface area (Å²) in [5, 5.41) is 14.0. The first kappa shape index (κ1) is 22.4. The van der Waals surface area contributed by atoms with Gasteiger partial charge in [0.15, 0.2) is 11.6 Å². The Morgan fingerprint density at radius 2 is 1.97 bits per heavy atom. The molecule has 1 aromatic carbocycles. The van der Waals surface area contributed by atoms with Gasteiger partial charge in [-0.1, -0.05) is 42.1 Å². The van der Waals surface area contributed by atoms with Crippen LogP contribution in [0.5, 0.6) is 0 Å². The number of furan rings is 1. The lowest BCUT2D eigenvalue weighted by atomic mass is 9.95. The Labute approximate surface area is 204 Å². The van der Waals surface area contributed by atoms with E-state index in [1.165, 1.54) is 28.0 Å². The van der Waals surface area contributed by atoms with Gasteiger partial charge in [0.25, 0.3) is 5.91 Å². The van der Waals surface area contributed by atoms with E-state index in [1.807, 2.05) is 30.3 Å². The van der Waals surface area contributed by atoms with Gasteiger partial charge in [0.05, 0.1) is 17.6 Å². The number of thioether (sulfide) groups is 1. The topological polar surface area (TPSA) is 113 Å². The van der Waals surface area contributed by atoms with E-state index in [9.17, 15) is 9.59 Å². The van der Waals surface area contributed by atoms with Gasteiger partial charge in [-0.3, -0.25) is 14.7 Å². The second kappa shape index (κ2) is 10.3. The molecule has 8 nitrogen and oxygen atoms in total. The highest BCUT2D eigenvalue weighted by Crippen LogP contribution is 2.38. The third kappa shape index (κ3) is 5.07. The van der Waals surface area contributed by atoms with Crippen LogP contribution < -0.4 is 10.6 Å². The number of benzene rings is 1. The lowest BCUT2D eigenvalue weighted by Gasteiger charge is -2.13. The van der Waals surface area contributed by atoms with Crippen LogP contribution >= 0.6 is 23.1 Å². The largest absolute Gasteiger partial charge is 0.461 e. The van der Waals surface area contributed by atoms with Gasteiger partial charge in [0, 0.05) is 11.4 Å². The van der Waals surface area contributed by atoms with E-state index in [0.717, 1.165) is 36.8 Å². The van der Waals surface area contributed by atoms with Gasteiger partial charge < -0.3 is 15.1 Å². The molecule has 5 rings (SSSR count). The van der Waals surface area contributed by atoms with Crippen molar-refractivity contribution in [1.29, 1.82) is 0 Å². The zero-order valence-corrected chi connectivity index (χ0v) is 19.9. The average Bonchev–Trinajstić information content (AvgIpc) is 3.61. The standard InChI is InChI=1S/C24H23N5O3S2/c30-19(14-33-24-27-21(28-29-24)17-10-6-12-32-17)26-23-20(16-9-4-5-11-18(16)34-23)22(31)25-13-15-7-2-1-3-8-15/h1-3,6-8,10,12H,4-5,9,11,13-14H2,(H,25,31)(H,26,30)(H,27,28,29). The minimum Gasteiger partial charge on any atom is -0.461 e. The molecule has 1 aliphatic carbocycles. The van der Waals surface area contributed by atoms with Crippen molar-refractivity contribution < 1.29 is 14.0 Å². The molecule has 0 fully saturated rings. The van der Waals surface area contributed by atoms with Crippen LogP contribution in [0.2, 0.25) is 0 Å². The fraction of sp³-hybridized carbons (Fsp3) is 0.250. The summed E-state index contributed by atoms with van der Waals surface area (Å²) in [7, 11) is 0. The van der Waals surface area contributed by atoms with Crippen molar-refractivity contribution in [3.8, 4) is 11.6 Å². The molecule has 3 aromatic heterocycles. The van der Waals surface area contributed by atoms with Crippen molar-refractivity contribution >= 4 is 39.9 Å². The number of aromatic amines is 1. The summed E-state index contributed by atoms with van der Waals surface area (Å²) in [5.74, 6) is 0.868. The lowest BCUT2D eigenvalue weighted by molar-refractivity contribution is -0.113. The molecule has 0 saturated heterocycles. The van der Waals surface area contributed by atoms with E-state index in [4.69, 9.17) is 4.42 Å². The van der Waals surface area contributed by atoms with Crippen molar-refractivity contribution in [1.82, 2.24) is 20.5 Å². The van der Waals surface area contributed by atoms with Gasteiger partial charge in [-0.15, -0.1) is 16.4 Å². The molecule has 4 aromatic rings. The highest BCUT2D eigenvalue weighted by Gasteiger charge is 2.26. The third-order valence-electron chi connectivity index (χ3n) is 5.50. The third-order valence-corrected chi connectivity index (χ3v) is 7.55. The Morgan fingerprint density at radius 1 is 1.12 bits per heavy atom. The smallest absolute Gasteiger partial charge is 0.254 e. The molecule has 2 amide bonds. The van der Waals surface area contributed by atoms with E-state index >= 15 is 0 Å². The minimum atomic E-state index is -0.204. The molecule has 3 N–H and O–H groups in total. The Bertz CT molecular complexity index is 1280. The monoisotopic (exact) mass is 493 g/mol. The van der Waals surface area contributed by atoms with E-state index in [0.29, 0.717) is 33.9 Å². The molecule has 0 spiro atoms. The fourth-order valence-corrected chi connectivity index (χ4v) is 5.79. The van der Waals surface area contributed by atoms with Gasteiger partial charge in [-0.25, -0.2) is 0 Å². The number of anilines is 1. The zero-order chi connectivity index (χ0) is 23.3. The van der Waals surface area contributed by atoms with Crippen LogP contribution in [0.3, 0.4) is 0 Å². The molecule has 0 aliphatic heterocycles. The first-order valence-corrected chi connectivity index (χ1v) is 12.8. The van der Waals surface area contributed by atoms with Crippen molar-refractivity contribution in [2.24, 2.45) is 0 Å². The van der Waals surface area contributed by atoms with Crippen LogP contribution in [-0.4, -0.2) is 32.7 Å². The molecular weight excluding hydrogens is 470 g/mol. The zero-order valence-electron chi connectivity index (χ0n) is 18.3. The first-order valence-electron chi connectivity index (χ1n) is 11.0. The van der Waals surface area contributed by atoms with Crippen molar-refractivity contribution in [2.75, 3.05) is 11.1 Å². The van der Waals surface area contributed by atoms with E-state index in [2.05, 4.69) is 25.8 Å². The SMILES string of the molecule is O=C(CSc1n[nH]c(-c2ccco2)n1)Nc1sc2c(c1C(=O)NCc1ccccc1)CCCC2. The summed E-state index contributed by atoms with van der Waals surface area (Å²) in [6.45, 7) is 0.441. The lowest BCUT2D eigenvalue weighted by Crippen LogP contribution is -2.25. The van der Waals surface area contributed by atoms with Gasteiger partial charge in [0.1, 0.15) is 5.00 Å². The van der Waals surface area contributed by atoms with Gasteiger partial charge in [-0.05, 0) is 48.9 Å². The number of amides is 2. The predicted octanol–water partition coefficient (Wildman–Crippen LogP) is 4.67. The molecule has 174 valence electrons. The number of fused-ring (bicyclic) bond motifs is 1. The fourth-order valence-electron chi connectivity index (χ4n) is 3.89. The minimum absolute atomic E-state index is 0.128. The average molecular weight is 494 g/mol. The number of nitrogens with one attached hydrogen (secondary N) is 3. The molecule has 34 heavy (non-hydrogen) atoms. The maximum Gasteiger partial charge on any atom is 0.254 e. The van der Waals surface area contributed by atoms with Crippen LogP contribution in [0.4, 0.5) is 5.00 Å². The second-order valence-corrected chi connectivity index (χ2v) is 9.91. The molecule has 0 radical (unpaired) electrons. The van der Waals surface area contributed by atoms with Crippen LogP contribution in [0.15, 0.2) is 58.3 Å². The van der Waals surface area contributed by atoms with Crippen molar-refractivity contribution in [3.63, 3.8) is 0 Å². The summed E-state index contributed by atoms with van der Waals surface area (Å²) in [6.07, 6.45) is 5.51. The van der Waals surface area contributed by atoms with Crippen molar-refractivity contribution in [2.45, 2.75) is 37.4 Å². The second-order valence-electron chi connectivity index (χ2n) is 7.86. The Morgan fingerprint density at radius 3 is 2.79 bits per heavy atom. The van der Waals surface area contributed by atoms with Crippen LogP contribution in [0.1, 0.15) is 39.2 Å². The number of nitrogens with zero attached hydrogens (tertiary/aromatic N) is 2. The molecular formula is C24H23N5O3S2. The number of rotatable bonds is 8. The van der Waals surface area contributed by atoms with Gasteiger partial charge >= 0.3 is 0 Å². The summed E-state index contributed by atoms with van der Waals surface area (Å²) in [6, 6.07) is 13.3. The molecule has 10 heteroatoms. The number of H-pyrrole nitrogens is 1. The predicted molar refractivity (Wildman–Crippen MR) is 132 cm³/mol. The van der Waals surface area contributed by atoms with Gasteiger partial charge in [0.2, 0.25) is 11.1 Å². The van der Waals surface area contributed by atoms with Crippen LogP contribution in [0, 0.1) is 0 Å². The van der Waals surface area contributed by atoms with E-state index < -0.39 is 0 Å². The molecule has 0 bridgehead atoms. The Balaban J connectivity index is 1.26. The molecule has 3 heterocycles. The van der Waals surface area contributed by atoms with Crippen molar-refractivity contribution in [3.05, 3.63) is 70.3 Å². The number of hydrogen-bond donors (Lipinski definition) is 3. The quantitative estimate of drug-likeness (QED) is 0.308. The highest BCUT2D eigenvalue weighted by molar-refractivity contribution is 7.99. The summed E-state index contributed by atoms with van der Waals surface area (Å²) >= 11 is 2.73. The number of carbonyl (C=O) groups excluding carboxylic acids is 2. The number of hydrogen-bond acceptors (Lipinski definition) is 7. The van der Waals surface area contributed by atoms with E-state index in [1.54, 1.807) is 18.4 Å². The summed E-state index contributed by atoms with van der Waals surface area (Å²) in [4.78, 5) is 31.4. The Kier molecular flexibility index (Phi) is 6.77. The maximum atomic E-state index is 13.2. The number of thiophene rings is 1. The normalized spacial score (nSPS) is 12.8. The molecule has 1 aliphatic rings. The summed E-state index contributed by atoms with van der Waals surface area (Å²) < 4.78 is 5.30. The van der Waals surface area contributed by atoms with E-state index in [-0.39, 0.29) is 17.6 Å². The Hall–Kier alpha value is -3.37. The van der Waals surface area contributed by atoms with Crippen LogP contribution in [-0.2, 0) is 24.2 Å². The maximum absolute atomic E-state index is 13.2. The number of aromatic nitrogens is 3.